The minimum Gasteiger partial charge on any atom is -0.507 e. The van der Waals surface area contributed by atoms with E-state index in [2.05, 4.69) is 0 Å². The maximum atomic E-state index is 13.7. The molecular formula is C23H18FNO4. The van der Waals surface area contributed by atoms with Crippen molar-refractivity contribution in [3.8, 4) is 0 Å². The van der Waals surface area contributed by atoms with Crippen LogP contribution in [0.4, 0.5) is 4.39 Å². The van der Waals surface area contributed by atoms with E-state index in [1.807, 2.05) is 6.07 Å². The molecule has 0 radical (unpaired) electrons. The first-order valence-electron chi connectivity index (χ1n) is 9.09. The molecule has 2 aromatic carbocycles. The van der Waals surface area contributed by atoms with Crippen molar-refractivity contribution in [2.24, 2.45) is 0 Å². The third kappa shape index (κ3) is 3.33. The zero-order valence-electron chi connectivity index (χ0n) is 15.6. The van der Waals surface area contributed by atoms with Crippen LogP contribution in [-0.4, -0.2) is 21.7 Å². The van der Waals surface area contributed by atoms with Gasteiger partial charge in [0.2, 0.25) is 0 Å². The fourth-order valence-corrected chi connectivity index (χ4v) is 3.54. The molecule has 146 valence electrons. The van der Waals surface area contributed by atoms with E-state index in [1.54, 1.807) is 43.3 Å². The third-order valence-electron chi connectivity index (χ3n) is 4.99. The van der Waals surface area contributed by atoms with Gasteiger partial charge in [-0.2, -0.15) is 0 Å². The van der Waals surface area contributed by atoms with Gasteiger partial charge in [0.1, 0.15) is 17.3 Å². The molecule has 3 aromatic rings. The summed E-state index contributed by atoms with van der Waals surface area (Å²) in [5.41, 5.74) is 1.26. The van der Waals surface area contributed by atoms with Crippen LogP contribution < -0.4 is 0 Å². The lowest BCUT2D eigenvalue weighted by atomic mass is 9.95. The second kappa shape index (κ2) is 7.39. The number of amides is 1. The van der Waals surface area contributed by atoms with Crippen LogP contribution in [0.3, 0.4) is 0 Å². The highest BCUT2D eigenvalue weighted by Crippen LogP contribution is 2.40. The van der Waals surface area contributed by atoms with Gasteiger partial charge >= 0.3 is 0 Å². The normalized spacial score (nSPS) is 18.4. The maximum absolute atomic E-state index is 13.7. The smallest absolute Gasteiger partial charge is 0.296 e. The van der Waals surface area contributed by atoms with Gasteiger partial charge in [-0.05, 0) is 48.4 Å². The molecule has 4 rings (SSSR count). The van der Waals surface area contributed by atoms with E-state index >= 15 is 0 Å². The fraction of sp³-hybridized carbons (Fsp3) is 0.130. The quantitative estimate of drug-likeness (QED) is 0.408. The van der Waals surface area contributed by atoms with Crippen LogP contribution in [0.5, 0.6) is 0 Å². The highest BCUT2D eigenvalue weighted by molar-refractivity contribution is 6.46. The van der Waals surface area contributed by atoms with Crippen molar-refractivity contribution < 1.29 is 23.5 Å². The predicted molar refractivity (Wildman–Crippen MR) is 104 cm³/mol. The van der Waals surface area contributed by atoms with E-state index in [9.17, 15) is 19.1 Å². The average molecular weight is 391 g/mol. The molecule has 1 fully saturated rings. The summed E-state index contributed by atoms with van der Waals surface area (Å²) in [6.07, 6.45) is 1.49. The van der Waals surface area contributed by atoms with Gasteiger partial charge in [-0.3, -0.25) is 9.59 Å². The lowest BCUT2D eigenvalue weighted by Crippen LogP contribution is -2.29. The molecule has 1 aromatic heterocycles. The Balaban J connectivity index is 1.87. The Labute approximate surface area is 166 Å². The number of nitrogens with zero attached hydrogens (tertiary/aromatic N) is 1. The third-order valence-corrected chi connectivity index (χ3v) is 4.99. The molecule has 0 spiro atoms. The molecule has 2 heterocycles. The van der Waals surface area contributed by atoms with Crippen molar-refractivity contribution in [3.05, 3.63) is 101 Å². The molecule has 1 aliphatic rings. The van der Waals surface area contributed by atoms with Crippen LogP contribution in [0.15, 0.2) is 76.9 Å². The van der Waals surface area contributed by atoms with Crippen molar-refractivity contribution in [1.82, 2.24) is 4.90 Å². The zero-order chi connectivity index (χ0) is 20.5. The van der Waals surface area contributed by atoms with Gasteiger partial charge in [-0.25, -0.2) is 4.39 Å². The standard InChI is InChI=1S/C23H18FNO4/c1-14-12-16(9-10-18(14)24)21(26)19-20(15-6-3-2-4-7-15)25(23(28)22(19)27)13-17-8-5-11-29-17/h2-12,20,26H,13H2,1H3/b21-19-. The van der Waals surface area contributed by atoms with Crippen molar-refractivity contribution >= 4 is 17.4 Å². The number of aliphatic hydroxyl groups excluding tert-OH is 1. The van der Waals surface area contributed by atoms with Crippen molar-refractivity contribution in [2.75, 3.05) is 0 Å². The van der Waals surface area contributed by atoms with Crippen LogP contribution in [0, 0.1) is 12.7 Å². The Hall–Kier alpha value is -3.67. The first-order chi connectivity index (χ1) is 14.0. The number of halogens is 1. The molecule has 1 aliphatic heterocycles. The van der Waals surface area contributed by atoms with Gasteiger partial charge in [-0.1, -0.05) is 30.3 Å². The summed E-state index contributed by atoms with van der Waals surface area (Å²) in [5.74, 6) is -1.74. The van der Waals surface area contributed by atoms with Gasteiger partial charge in [0.15, 0.2) is 0 Å². The molecule has 5 nitrogen and oxygen atoms in total. The van der Waals surface area contributed by atoms with Gasteiger partial charge < -0.3 is 14.4 Å². The topological polar surface area (TPSA) is 70.8 Å². The minimum atomic E-state index is -0.787. The van der Waals surface area contributed by atoms with E-state index in [1.165, 1.54) is 29.4 Å². The van der Waals surface area contributed by atoms with Crippen LogP contribution in [0.2, 0.25) is 0 Å². The number of likely N-dealkylation sites (tertiary alicyclic amines) is 1. The van der Waals surface area contributed by atoms with Crippen molar-refractivity contribution in [3.63, 3.8) is 0 Å². The second-order valence-electron chi connectivity index (χ2n) is 6.88. The average Bonchev–Trinajstić information content (AvgIpc) is 3.32. The fourth-order valence-electron chi connectivity index (χ4n) is 3.54. The molecule has 1 amide bonds. The summed E-state index contributed by atoms with van der Waals surface area (Å²) in [6, 6.07) is 15.7. The lowest BCUT2D eigenvalue weighted by molar-refractivity contribution is -0.140. The maximum Gasteiger partial charge on any atom is 0.296 e. The summed E-state index contributed by atoms with van der Waals surface area (Å²) in [6.45, 7) is 1.65. The number of aliphatic hydroxyl groups is 1. The van der Waals surface area contributed by atoms with Gasteiger partial charge in [0, 0.05) is 5.56 Å². The van der Waals surface area contributed by atoms with E-state index in [4.69, 9.17) is 4.42 Å². The first-order valence-corrected chi connectivity index (χ1v) is 9.09. The second-order valence-corrected chi connectivity index (χ2v) is 6.88. The van der Waals surface area contributed by atoms with Crippen LogP contribution in [0.25, 0.3) is 5.76 Å². The summed E-state index contributed by atoms with van der Waals surface area (Å²) in [7, 11) is 0. The number of hydrogen-bond donors (Lipinski definition) is 1. The number of furan rings is 1. The molecule has 1 atom stereocenters. The van der Waals surface area contributed by atoms with Gasteiger partial charge in [0.25, 0.3) is 11.7 Å². The van der Waals surface area contributed by atoms with E-state index in [0.717, 1.165) is 0 Å². The summed E-state index contributed by atoms with van der Waals surface area (Å²) in [4.78, 5) is 27.1. The van der Waals surface area contributed by atoms with Crippen LogP contribution >= 0.6 is 0 Å². The first kappa shape index (κ1) is 18.7. The number of carbonyl (C=O) groups is 2. The van der Waals surface area contributed by atoms with Crippen molar-refractivity contribution in [1.29, 1.82) is 0 Å². The van der Waals surface area contributed by atoms with E-state index < -0.39 is 23.5 Å². The van der Waals surface area contributed by atoms with E-state index in [-0.39, 0.29) is 23.4 Å². The number of benzene rings is 2. The monoisotopic (exact) mass is 391 g/mol. The highest BCUT2D eigenvalue weighted by atomic mass is 19.1. The predicted octanol–water partition coefficient (Wildman–Crippen LogP) is 4.35. The largest absolute Gasteiger partial charge is 0.507 e. The molecule has 0 bridgehead atoms. The Morgan fingerprint density at radius 2 is 1.86 bits per heavy atom. The Bertz CT molecular complexity index is 1100. The number of aryl methyl sites for hydroxylation is 1. The van der Waals surface area contributed by atoms with Gasteiger partial charge in [-0.15, -0.1) is 0 Å². The molecule has 29 heavy (non-hydrogen) atoms. The van der Waals surface area contributed by atoms with Crippen molar-refractivity contribution in [2.45, 2.75) is 19.5 Å². The summed E-state index contributed by atoms with van der Waals surface area (Å²) >= 11 is 0. The summed E-state index contributed by atoms with van der Waals surface area (Å²) < 4.78 is 19.0. The molecule has 1 saturated heterocycles. The molecule has 6 heteroatoms. The number of Topliss-reactive ketones (excluding diaryl/α,β-unsaturated/α-hetero) is 1. The number of ketones is 1. The Morgan fingerprint density at radius 3 is 2.52 bits per heavy atom. The summed E-state index contributed by atoms with van der Waals surface area (Å²) in [5, 5.41) is 10.9. The van der Waals surface area contributed by atoms with E-state index in [0.29, 0.717) is 16.9 Å². The SMILES string of the molecule is Cc1cc(/C(O)=C2/C(=O)C(=O)N(Cc3ccco3)C2c2ccccc2)ccc1F. The lowest BCUT2D eigenvalue weighted by Gasteiger charge is -2.24. The molecule has 0 saturated carbocycles. The van der Waals surface area contributed by atoms with Crippen LogP contribution in [0.1, 0.15) is 28.5 Å². The van der Waals surface area contributed by atoms with Gasteiger partial charge in [0.05, 0.1) is 24.4 Å². The Kier molecular flexibility index (Phi) is 4.76. The number of hydrogen-bond acceptors (Lipinski definition) is 4. The molecule has 0 aliphatic carbocycles. The number of rotatable bonds is 4. The molecule has 1 N–H and O–H groups in total. The zero-order valence-corrected chi connectivity index (χ0v) is 15.6. The number of carbonyl (C=O) groups excluding carboxylic acids is 2. The molecule has 1 unspecified atom stereocenters. The van der Waals surface area contributed by atoms with Crippen LogP contribution in [-0.2, 0) is 16.1 Å². The molecular weight excluding hydrogens is 373 g/mol. The highest BCUT2D eigenvalue weighted by Gasteiger charge is 2.46. The minimum absolute atomic E-state index is 0.0289. The Morgan fingerprint density at radius 1 is 1.10 bits per heavy atom.